The normalized spacial score (nSPS) is 17.9. The monoisotopic (exact) mass is 272 g/mol. The van der Waals surface area contributed by atoms with Crippen molar-refractivity contribution in [2.24, 2.45) is 11.7 Å². The molecule has 0 aliphatic heterocycles. The fraction of sp³-hybridized carbons (Fsp3) is 0.727. The summed E-state index contributed by atoms with van der Waals surface area (Å²) in [4.78, 5) is 0.207. The molecule has 0 amide bonds. The van der Waals surface area contributed by atoms with Gasteiger partial charge in [0.25, 0.3) is 0 Å². The van der Waals surface area contributed by atoms with Gasteiger partial charge in [-0.25, -0.2) is 13.1 Å². The van der Waals surface area contributed by atoms with E-state index in [1.165, 1.54) is 25.2 Å². The van der Waals surface area contributed by atoms with E-state index in [4.69, 9.17) is 5.73 Å². The first kappa shape index (κ1) is 13.5. The van der Waals surface area contributed by atoms with Crippen LogP contribution in [0.5, 0.6) is 0 Å². The maximum absolute atomic E-state index is 12.1. The molecule has 1 atom stereocenters. The SMILES string of the molecule is CC(CC1CC1)NS(=O)(=O)c1cnn(CCN)c1. The molecule has 6 nitrogen and oxygen atoms in total. The highest BCUT2D eigenvalue weighted by Crippen LogP contribution is 2.33. The number of nitrogens with one attached hydrogen (secondary N) is 1. The standard InChI is InChI=1S/C11H20N4O2S/c1-9(6-10-2-3-10)14-18(16,17)11-7-13-15(8-11)5-4-12/h7-10,14H,2-6,12H2,1H3. The minimum Gasteiger partial charge on any atom is -0.329 e. The smallest absolute Gasteiger partial charge is 0.243 e. The first-order chi connectivity index (χ1) is 8.51. The lowest BCUT2D eigenvalue weighted by molar-refractivity contribution is 0.529. The molecule has 1 aliphatic rings. The quantitative estimate of drug-likeness (QED) is 0.747. The fourth-order valence-electron chi connectivity index (χ4n) is 1.97. The van der Waals surface area contributed by atoms with Gasteiger partial charge in [0.05, 0.1) is 12.7 Å². The van der Waals surface area contributed by atoms with Crippen LogP contribution in [0.25, 0.3) is 0 Å². The highest BCUT2D eigenvalue weighted by Gasteiger charge is 2.26. The molecule has 1 aromatic heterocycles. The summed E-state index contributed by atoms with van der Waals surface area (Å²) in [6.45, 7) is 2.86. The molecule has 7 heteroatoms. The number of aromatic nitrogens is 2. The van der Waals surface area contributed by atoms with Crippen LogP contribution in [0.4, 0.5) is 0 Å². The van der Waals surface area contributed by atoms with Crippen molar-refractivity contribution in [3.05, 3.63) is 12.4 Å². The Morgan fingerprint density at radius 3 is 2.94 bits per heavy atom. The van der Waals surface area contributed by atoms with Crippen LogP contribution in [-0.2, 0) is 16.6 Å². The lowest BCUT2D eigenvalue weighted by Crippen LogP contribution is -2.32. The molecule has 1 aliphatic carbocycles. The second-order valence-corrected chi connectivity index (χ2v) is 6.64. The van der Waals surface area contributed by atoms with Gasteiger partial charge in [-0.2, -0.15) is 5.10 Å². The molecule has 1 heterocycles. The Bertz CT molecular complexity index is 493. The third-order valence-electron chi connectivity index (χ3n) is 3.02. The van der Waals surface area contributed by atoms with Crippen LogP contribution < -0.4 is 10.5 Å². The molecule has 102 valence electrons. The van der Waals surface area contributed by atoms with Crippen molar-refractivity contribution in [3.8, 4) is 0 Å². The number of nitrogens with two attached hydrogens (primary N) is 1. The Hall–Kier alpha value is -0.920. The molecular formula is C11H20N4O2S. The van der Waals surface area contributed by atoms with E-state index in [-0.39, 0.29) is 10.9 Å². The van der Waals surface area contributed by atoms with E-state index in [1.807, 2.05) is 6.92 Å². The van der Waals surface area contributed by atoms with Crippen molar-refractivity contribution in [2.75, 3.05) is 6.54 Å². The van der Waals surface area contributed by atoms with Crippen molar-refractivity contribution >= 4 is 10.0 Å². The molecule has 3 N–H and O–H groups in total. The van der Waals surface area contributed by atoms with Crippen molar-refractivity contribution in [1.82, 2.24) is 14.5 Å². The summed E-state index contributed by atoms with van der Waals surface area (Å²) in [7, 11) is -3.45. The van der Waals surface area contributed by atoms with Gasteiger partial charge in [0.1, 0.15) is 4.90 Å². The van der Waals surface area contributed by atoms with E-state index in [0.717, 1.165) is 6.42 Å². The summed E-state index contributed by atoms with van der Waals surface area (Å²) in [5.41, 5.74) is 5.40. The van der Waals surface area contributed by atoms with Gasteiger partial charge in [0.2, 0.25) is 10.0 Å². The van der Waals surface area contributed by atoms with Crippen LogP contribution >= 0.6 is 0 Å². The van der Waals surface area contributed by atoms with Crippen LogP contribution in [-0.4, -0.2) is 30.8 Å². The van der Waals surface area contributed by atoms with E-state index in [1.54, 1.807) is 4.68 Å². The van der Waals surface area contributed by atoms with Crippen LogP contribution in [0.15, 0.2) is 17.3 Å². The molecule has 18 heavy (non-hydrogen) atoms. The average molecular weight is 272 g/mol. The number of hydrogen-bond acceptors (Lipinski definition) is 4. The number of nitrogens with zero attached hydrogens (tertiary/aromatic N) is 2. The van der Waals surface area contributed by atoms with Gasteiger partial charge in [-0.05, 0) is 19.3 Å². The largest absolute Gasteiger partial charge is 0.329 e. The maximum Gasteiger partial charge on any atom is 0.243 e. The second kappa shape index (κ2) is 5.38. The average Bonchev–Trinajstić information content (AvgIpc) is 2.94. The van der Waals surface area contributed by atoms with E-state index in [0.29, 0.717) is 19.0 Å². The predicted molar refractivity (Wildman–Crippen MR) is 68.4 cm³/mol. The molecule has 0 bridgehead atoms. The minimum absolute atomic E-state index is 0.0274. The van der Waals surface area contributed by atoms with Crippen LogP contribution in [0.3, 0.4) is 0 Å². The first-order valence-electron chi connectivity index (χ1n) is 6.26. The zero-order valence-corrected chi connectivity index (χ0v) is 11.4. The lowest BCUT2D eigenvalue weighted by Gasteiger charge is -2.12. The fourth-order valence-corrected chi connectivity index (χ4v) is 3.18. The van der Waals surface area contributed by atoms with E-state index >= 15 is 0 Å². The summed E-state index contributed by atoms with van der Waals surface area (Å²) < 4.78 is 28.4. The zero-order chi connectivity index (χ0) is 13.2. The first-order valence-corrected chi connectivity index (χ1v) is 7.74. The Balaban J connectivity index is 1.99. The minimum atomic E-state index is -3.45. The number of hydrogen-bond donors (Lipinski definition) is 2. The predicted octanol–water partition coefficient (Wildman–Crippen LogP) is 0.309. The molecule has 0 radical (unpaired) electrons. The molecule has 0 spiro atoms. The van der Waals surface area contributed by atoms with Crippen molar-refractivity contribution in [2.45, 2.75) is 43.7 Å². The molecule has 2 rings (SSSR count). The summed E-state index contributed by atoms with van der Waals surface area (Å²) in [6.07, 6.45) is 6.23. The topological polar surface area (TPSA) is 90.0 Å². The molecular weight excluding hydrogens is 252 g/mol. The molecule has 1 aromatic rings. The molecule has 0 aromatic carbocycles. The number of sulfonamides is 1. The van der Waals surface area contributed by atoms with Gasteiger partial charge in [0, 0.05) is 18.8 Å². The van der Waals surface area contributed by atoms with Crippen LogP contribution in [0.2, 0.25) is 0 Å². The van der Waals surface area contributed by atoms with Crippen LogP contribution in [0.1, 0.15) is 26.2 Å². The highest BCUT2D eigenvalue weighted by atomic mass is 32.2. The van der Waals surface area contributed by atoms with Crippen molar-refractivity contribution in [1.29, 1.82) is 0 Å². The second-order valence-electron chi connectivity index (χ2n) is 4.93. The molecule has 0 saturated heterocycles. The Morgan fingerprint density at radius 2 is 2.33 bits per heavy atom. The van der Waals surface area contributed by atoms with Gasteiger partial charge >= 0.3 is 0 Å². The summed E-state index contributed by atoms with van der Waals surface area (Å²) in [5.74, 6) is 0.697. The van der Waals surface area contributed by atoms with Gasteiger partial charge in [0.15, 0.2) is 0 Å². The molecule has 1 fully saturated rings. The summed E-state index contributed by atoms with van der Waals surface area (Å²) >= 11 is 0. The highest BCUT2D eigenvalue weighted by molar-refractivity contribution is 7.89. The Morgan fingerprint density at radius 1 is 1.61 bits per heavy atom. The van der Waals surface area contributed by atoms with Crippen molar-refractivity contribution in [3.63, 3.8) is 0 Å². The van der Waals surface area contributed by atoms with Gasteiger partial charge in [-0.3, -0.25) is 4.68 Å². The Labute approximate surface area is 108 Å². The van der Waals surface area contributed by atoms with Crippen molar-refractivity contribution < 1.29 is 8.42 Å². The third kappa shape index (κ3) is 3.54. The third-order valence-corrected chi connectivity index (χ3v) is 4.56. The van der Waals surface area contributed by atoms with Crippen LogP contribution in [0, 0.1) is 5.92 Å². The lowest BCUT2D eigenvalue weighted by atomic mass is 10.2. The Kier molecular flexibility index (Phi) is 4.04. The molecule has 1 saturated carbocycles. The summed E-state index contributed by atoms with van der Waals surface area (Å²) in [6, 6.07) is -0.0274. The summed E-state index contributed by atoms with van der Waals surface area (Å²) in [5, 5.41) is 3.97. The zero-order valence-electron chi connectivity index (χ0n) is 10.5. The van der Waals surface area contributed by atoms with Gasteiger partial charge in [-0.15, -0.1) is 0 Å². The van der Waals surface area contributed by atoms with E-state index < -0.39 is 10.0 Å². The van der Waals surface area contributed by atoms with E-state index in [9.17, 15) is 8.42 Å². The number of rotatable bonds is 7. The maximum atomic E-state index is 12.1. The van der Waals surface area contributed by atoms with E-state index in [2.05, 4.69) is 9.82 Å². The van der Waals surface area contributed by atoms with Gasteiger partial charge < -0.3 is 5.73 Å². The molecule has 1 unspecified atom stereocenters. The van der Waals surface area contributed by atoms with Gasteiger partial charge in [-0.1, -0.05) is 12.8 Å².